The normalized spacial score (nSPS) is 10.8. The second kappa shape index (κ2) is 4.71. The van der Waals surface area contributed by atoms with Crippen LogP contribution in [0.1, 0.15) is 19.4 Å². The fraction of sp³-hybridized carbons (Fsp3) is 0.333. The van der Waals surface area contributed by atoms with Crippen molar-refractivity contribution in [1.82, 2.24) is 9.69 Å². The van der Waals surface area contributed by atoms with Crippen molar-refractivity contribution < 1.29 is 4.79 Å². The molecule has 0 saturated carbocycles. The second-order valence-electron chi connectivity index (χ2n) is 4.28. The fourth-order valence-electron chi connectivity index (χ4n) is 1.55. The molecule has 2 N–H and O–H groups in total. The van der Waals surface area contributed by atoms with Gasteiger partial charge in [-0.3, -0.25) is 5.32 Å². The molecule has 0 saturated heterocycles. The van der Waals surface area contributed by atoms with Crippen molar-refractivity contribution >= 4 is 33.5 Å². The molecule has 0 spiro atoms. The van der Waals surface area contributed by atoms with Gasteiger partial charge >= 0.3 is 6.03 Å². The van der Waals surface area contributed by atoms with Crippen LogP contribution in [0.4, 0.5) is 10.6 Å². The van der Waals surface area contributed by atoms with E-state index in [9.17, 15) is 4.79 Å². The zero-order valence-corrected chi connectivity index (χ0v) is 10.9. The third kappa shape index (κ3) is 2.74. The third-order valence-electron chi connectivity index (χ3n) is 2.28. The summed E-state index contributed by atoms with van der Waals surface area (Å²) in [5.41, 5.74) is 1.16. The molecule has 17 heavy (non-hydrogen) atoms. The van der Waals surface area contributed by atoms with Crippen LogP contribution in [-0.2, 0) is 0 Å². The second-order valence-corrected chi connectivity index (χ2v) is 5.09. The highest BCUT2D eigenvalue weighted by molar-refractivity contribution is 7.13. The number of hydrogen-bond donors (Lipinski definition) is 2. The summed E-state index contributed by atoms with van der Waals surface area (Å²) in [6, 6.07) is 5.99. The maximum atomic E-state index is 11.6. The minimum Gasteiger partial charge on any atom is -0.336 e. The molecule has 0 aliphatic rings. The van der Waals surface area contributed by atoms with Gasteiger partial charge in [0.05, 0.1) is 4.70 Å². The molecule has 0 aliphatic heterocycles. The van der Waals surface area contributed by atoms with Gasteiger partial charge in [-0.15, -0.1) is 0 Å². The minimum absolute atomic E-state index is 0.113. The molecule has 2 aromatic rings. The molecule has 90 valence electrons. The number of benzene rings is 1. The Hall–Kier alpha value is -1.62. The topological polar surface area (TPSA) is 54.0 Å². The summed E-state index contributed by atoms with van der Waals surface area (Å²) in [6.07, 6.45) is 0. The van der Waals surface area contributed by atoms with Crippen LogP contribution >= 0.6 is 11.5 Å². The minimum atomic E-state index is -0.214. The lowest BCUT2D eigenvalue weighted by molar-refractivity contribution is 0.250. The first-order chi connectivity index (χ1) is 8.06. The van der Waals surface area contributed by atoms with Crippen LogP contribution in [0.5, 0.6) is 0 Å². The predicted molar refractivity (Wildman–Crippen MR) is 71.6 cm³/mol. The summed E-state index contributed by atoms with van der Waals surface area (Å²) in [5, 5.41) is 6.54. The Morgan fingerprint density at radius 1 is 1.41 bits per heavy atom. The number of urea groups is 1. The first kappa shape index (κ1) is 11.9. The fourth-order valence-corrected chi connectivity index (χ4v) is 2.26. The van der Waals surface area contributed by atoms with Gasteiger partial charge in [-0.2, -0.15) is 4.37 Å². The molecule has 1 aromatic heterocycles. The van der Waals surface area contributed by atoms with Crippen molar-refractivity contribution in [3.8, 4) is 0 Å². The van der Waals surface area contributed by atoms with Crippen molar-refractivity contribution in [3.63, 3.8) is 0 Å². The van der Waals surface area contributed by atoms with E-state index >= 15 is 0 Å². The van der Waals surface area contributed by atoms with Crippen molar-refractivity contribution in [2.75, 3.05) is 5.32 Å². The highest BCUT2D eigenvalue weighted by Gasteiger charge is 2.10. The van der Waals surface area contributed by atoms with Gasteiger partial charge in [-0.1, -0.05) is 11.6 Å². The lowest BCUT2D eigenvalue weighted by Gasteiger charge is -2.08. The molecule has 4 nitrogen and oxygen atoms in total. The van der Waals surface area contributed by atoms with E-state index in [0.717, 1.165) is 15.6 Å². The summed E-state index contributed by atoms with van der Waals surface area (Å²) in [6.45, 7) is 5.86. The zero-order chi connectivity index (χ0) is 12.4. The summed E-state index contributed by atoms with van der Waals surface area (Å²) in [4.78, 5) is 11.6. The maximum absolute atomic E-state index is 11.6. The first-order valence-electron chi connectivity index (χ1n) is 5.50. The molecule has 1 heterocycles. The van der Waals surface area contributed by atoms with Crippen LogP contribution in [-0.4, -0.2) is 16.4 Å². The van der Waals surface area contributed by atoms with Gasteiger partial charge in [0.15, 0.2) is 5.82 Å². The molecule has 2 rings (SSSR count). The molecule has 0 bridgehead atoms. The number of aryl methyl sites for hydroxylation is 1. The Labute approximate surface area is 104 Å². The van der Waals surface area contributed by atoms with Crippen LogP contribution in [0.25, 0.3) is 10.1 Å². The molecule has 5 heteroatoms. The lowest BCUT2D eigenvalue weighted by Crippen LogP contribution is -2.34. The third-order valence-corrected chi connectivity index (χ3v) is 3.10. The van der Waals surface area contributed by atoms with Gasteiger partial charge < -0.3 is 5.32 Å². The monoisotopic (exact) mass is 249 g/mol. The van der Waals surface area contributed by atoms with Gasteiger partial charge in [0.2, 0.25) is 0 Å². The van der Waals surface area contributed by atoms with E-state index in [1.54, 1.807) is 0 Å². The summed E-state index contributed by atoms with van der Waals surface area (Å²) in [5.74, 6) is 0.631. The molecule has 2 amide bonds. The molecule has 1 aromatic carbocycles. The predicted octanol–water partition coefficient (Wildman–Crippen LogP) is 3.13. The quantitative estimate of drug-likeness (QED) is 0.859. The van der Waals surface area contributed by atoms with Crippen LogP contribution in [0.3, 0.4) is 0 Å². The lowest BCUT2D eigenvalue weighted by atomic mass is 10.2. The average Bonchev–Trinajstić information content (AvgIpc) is 2.60. The van der Waals surface area contributed by atoms with E-state index in [0.29, 0.717) is 5.82 Å². The van der Waals surface area contributed by atoms with E-state index in [1.165, 1.54) is 11.5 Å². The van der Waals surface area contributed by atoms with Gasteiger partial charge in [0, 0.05) is 11.4 Å². The van der Waals surface area contributed by atoms with Crippen molar-refractivity contribution in [1.29, 1.82) is 0 Å². The van der Waals surface area contributed by atoms with Gasteiger partial charge in [-0.05, 0) is 44.4 Å². The Bertz CT molecular complexity index is 548. The zero-order valence-electron chi connectivity index (χ0n) is 10.1. The van der Waals surface area contributed by atoms with Gasteiger partial charge in [0.1, 0.15) is 0 Å². The molecule has 0 unspecified atom stereocenters. The number of carbonyl (C=O) groups excluding carboxylic acids is 1. The number of amides is 2. The molecular formula is C12H15N3OS. The smallest absolute Gasteiger partial charge is 0.320 e. The number of carbonyl (C=O) groups is 1. The SMILES string of the molecule is Cc1ccc2snc(NC(=O)NC(C)C)c2c1. The summed E-state index contributed by atoms with van der Waals surface area (Å²) >= 11 is 1.39. The van der Waals surface area contributed by atoms with E-state index in [2.05, 4.69) is 15.0 Å². The molecular weight excluding hydrogens is 234 g/mol. The Morgan fingerprint density at radius 3 is 2.88 bits per heavy atom. The Morgan fingerprint density at radius 2 is 2.18 bits per heavy atom. The average molecular weight is 249 g/mol. The maximum Gasteiger partial charge on any atom is 0.320 e. The highest BCUT2D eigenvalue weighted by atomic mass is 32.1. The summed E-state index contributed by atoms with van der Waals surface area (Å²) in [7, 11) is 0. The van der Waals surface area contributed by atoms with Crippen molar-refractivity contribution in [2.24, 2.45) is 0 Å². The molecule has 0 fully saturated rings. The number of nitrogens with zero attached hydrogens (tertiary/aromatic N) is 1. The van der Waals surface area contributed by atoms with E-state index in [4.69, 9.17) is 0 Å². The highest BCUT2D eigenvalue weighted by Crippen LogP contribution is 2.27. The number of fused-ring (bicyclic) bond motifs is 1. The van der Waals surface area contributed by atoms with Crippen LogP contribution in [0.2, 0.25) is 0 Å². The van der Waals surface area contributed by atoms with E-state index in [1.807, 2.05) is 39.0 Å². The Balaban J connectivity index is 2.24. The van der Waals surface area contributed by atoms with Crippen LogP contribution < -0.4 is 10.6 Å². The summed E-state index contributed by atoms with van der Waals surface area (Å²) < 4.78 is 5.33. The number of nitrogens with one attached hydrogen (secondary N) is 2. The molecule has 0 atom stereocenters. The Kier molecular flexibility index (Phi) is 3.28. The van der Waals surface area contributed by atoms with Crippen molar-refractivity contribution in [2.45, 2.75) is 26.8 Å². The largest absolute Gasteiger partial charge is 0.336 e. The van der Waals surface area contributed by atoms with Crippen molar-refractivity contribution in [3.05, 3.63) is 23.8 Å². The standard InChI is InChI=1S/C12H15N3OS/c1-7(2)13-12(16)14-11-9-6-8(3)4-5-10(9)17-15-11/h4-7H,1-3H3,(H2,13,14,15,16). The van der Waals surface area contributed by atoms with Crippen LogP contribution in [0.15, 0.2) is 18.2 Å². The van der Waals surface area contributed by atoms with E-state index in [-0.39, 0.29) is 12.1 Å². The van der Waals surface area contributed by atoms with Gasteiger partial charge in [0.25, 0.3) is 0 Å². The molecule has 0 aliphatic carbocycles. The number of hydrogen-bond acceptors (Lipinski definition) is 3. The van der Waals surface area contributed by atoms with Gasteiger partial charge in [-0.25, -0.2) is 4.79 Å². The number of anilines is 1. The number of rotatable bonds is 2. The van der Waals surface area contributed by atoms with E-state index < -0.39 is 0 Å². The number of aromatic nitrogens is 1. The first-order valence-corrected chi connectivity index (χ1v) is 6.27. The molecule has 0 radical (unpaired) electrons. The van der Waals surface area contributed by atoms with Crippen LogP contribution in [0, 0.1) is 6.92 Å².